The van der Waals surface area contributed by atoms with Crippen molar-refractivity contribution in [2.45, 2.75) is 122 Å². The molecule has 1 fully saturated rings. The van der Waals surface area contributed by atoms with E-state index in [1.54, 1.807) is 47.1 Å². The van der Waals surface area contributed by atoms with E-state index < -0.39 is 41.8 Å². The van der Waals surface area contributed by atoms with Gasteiger partial charge in [-0.2, -0.15) is 0 Å². The summed E-state index contributed by atoms with van der Waals surface area (Å²) in [6, 6.07) is 6.95. The molecular weight excluding hydrogens is 671 g/mol. The average Bonchev–Trinajstić information content (AvgIpc) is 3.59. The molecule has 1 aromatic rings. The minimum Gasteiger partial charge on any atom is -0.480 e. The summed E-state index contributed by atoms with van der Waals surface area (Å²) < 4.78 is 12.0. The predicted octanol–water partition coefficient (Wildman–Crippen LogP) is 3.66. The van der Waals surface area contributed by atoms with Gasteiger partial charge in [-0.1, -0.05) is 83.6 Å². The van der Waals surface area contributed by atoms with Crippen molar-refractivity contribution < 1.29 is 33.8 Å². The van der Waals surface area contributed by atoms with E-state index in [0.717, 1.165) is 18.4 Å². The Hall–Kier alpha value is -3.13. The first-order valence-electron chi connectivity index (χ1n) is 18.1. The molecule has 8 atom stereocenters. The summed E-state index contributed by atoms with van der Waals surface area (Å²) in [4.78, 5) is 57.3. The molecule has 0 aromatic heterocycles. The number of nitrogens with one attached hydrogen (secondary N) is 3. The maximum absolute atomic E-state index is 14.1. The maximum atomic E-state index is 14.1. The number of amides is 3. The van der Waals surface area contributed by atoms with Crippen LogP contribution in [0.3, 0.4) is 0 Å². The van der Waals surface area contributed by atoms with E-state index in [1.165, 1.54) is 0 Å². The lowest BCUT2D eigenvalue weighted by atomic mass is 9.89. The number of likely N-dealkylation sites (tertiary alicyclic amines) is 1. The monoisotopic (exact) mass is 733 g/mol. The molecule has 3 amide bonds. The quantitative estimate of drug-likeness (QED) is 0.146. The number of benzene rings is 1. The van der Waals surface area contributed by atoms with Crippen LogP contribution in [0.1, 0.15) is 79.7 Å². The van der Waals surface area contributed by atoms with E-state index in [-0.39, 0.29) is 54.4 Å². The van der Waals surface area contributed by atoms with Gasteiger partial charge in [0.1, 0.15) is 12.1 Å². The Morgan fingerprint density at radius 3 is 2.20 bits per heavy atom. The summed E-state index contributed by atoms with van der Waals surface area (Å²) in [6.45, 7) is 13.8. The molecule has 288 valence electrons. The van der Waals surface area contributed by atoms with Crippen LogP contribution in [0.25, 0.3) is 0 Å². The number of methoxy groups -OCH3 is 2. The molecule has 12 nitrogen and oxygen atoms in total. The summed E-state index contributed by atoms with van der Waals surface area (Å²) in [7, 11) is 6.56. The fraction of sp³-hybridized carbons (Fsp3) is 0.711. The van der Waals surface area contributed by atoms with E-state index in [9.17, 15) is 24.3 Å². The molecule has 4 N–H and O–H groups in total. The standard InChI is InChI=1S/C38H63N5O7S/c1-12-24(4)32(42(9)35(45)31(23(2)3)41-37(48)38(6,7)39-8)29(49-10)22-30(44)43-20-16-19-28(43)33(50-11)25(5)34(51)40-27(36(46)47)21-26-17-14-13-15-18-26/h13-15,17-18,23-25,27-29,31-33,39H,12,16,19-22H2,1-11H3,(H,40,51)(H,41,48)(H,46,47). The highest BCUT2D eigenvalue weighted by Gasteiger charge is 2.43. The zero-order valence-electron chi connectivity index (χ0n) is 32.5. The van der Waals surface area contributed by atoms with Crippen molar-refractivity contribution in [3.05, 3.63) is 35.9 Å². The van der Waals surface area contributed by atoms with E-state index in [1.807, 2.05) is 69.9 Å². The van der Waals surface area contributed by atoms with Crippen LogP contribution in [0.4, 0.5) is 0 Å². The Morgan fingerprint density at radius 2 is 1.69 bits per heavy atom. The lowest BCUT2D eigenvalue weighted by Gasteiger charge is -2.41. The second kappa shape index (κ2) is 20.2. The smallest absolute Gasteiger partial charge is 0.326 e. The first-order chi connectivity index (χ1) is 23.9. The second-order valence-corrected chi connectivity index (χ2v) is 15.2. The van der Waals surface area contributed by atoms with Crippen LogP contribution in [0.15, 0.2) is 30.3 Å². The third kappa shape index (κ3) is 11.7. The number of carboxylic acid groups (broad SMARTS) is 1. The summed E-state index contributed by atoms with van der Waals surface area (Å²) in [5.74, 6) is -2.23. The van der Waals surface area contributed by atoms with Gasteiger partial charge in [0.2, 0.25) is 17.7 Å². The van der Waals surface area contributed by atoms with Crippen LogP contribution in [0.2, 0.25) is 0 Å². The Morgan fingerprint density at radius 1 is 1.06 bits per heavy atom. The van der Waals surface area contributed by atoms with Crippen molar-refractivity contribution in [1.29, 1.82) is 0 Å². The number of hydrogen-bond acceptors (Lipinski definition) is 8. The first-order valence-corrected chi connectivity index (χ1v) is 18.5. The van der Waals surface area contributed by atoms with Crippen molar-refractivity contribution in [3.63, 3.8) is 0 Å². The number of ether oxygens (including phenoxy) is 2. The lowest BCUT2D eigenvalue weighted by molar-refractivity contribution is -0.147. The van der Waals surface area contributed by atoms with E-state index in [4.69, 9.17) is 21.7 Å². The molecule has 1 aliphatic heterocycles. The van der Waals surface area contributed by atoms with Crippen molar-refractivity contribution in [3.8, 4) is 0 Å². The number of rotatable bonds is 20. The molecule has 0 aliphatic carbocycles. The van der Waals surface area contributed by atoms with E-state index >= 15 is 0 Å². The second-order valence-electron chi connectivity index (χ2n) is 14.7. The highest BCUT2D eigenvalue weighted by molar-refractivity contribution is 7.80. The first kappa shape index (κ1) is 44.0. The molecule has 13 heteroatoms. The number of carbonyl (C=O) groups is 4. The Bertz CT molecular complexity index is 1310. The third-order valence-corrected chi connectivity index (χ3v) is 11.1. The molecule has 1 saturated heterocycles. The minimum atomic E-state index is -1.01. The molecule has 51 heavy (non-hydrogen) atoms. The van der Waals surface area contributed by atoms with Crippen molar-refractivity contribution >= 4 is 40.9 Å². The van der Waals surface area contributed by atoms with Gasteiger partial charge in [0.15, 0.2) is 0 Å². The highest BCUT2D eigenvalue weighted by atomic mass is 32.1. The number of hydrogen-bond donors (Lipinski definition) is 4. The number of thiocarbonyl (C=S) groups is 1. The van der Waals surface area contributed by atoms with Crippen LogP contribution in [0.5, 0.6) is 0 Å². The van der Waals surface area contributed by atoms with Gasteiger partial charge in [0.25, 0.3) is 0 Å². The third-order valence-electron chi connectivity index (χ3n) is 10.6. The molecule has 8 unspecified atom stereocenters. The van der Waals surface area contributed by atoms with Crippen LogP contribution >= 0.6 is 12.2 Å². The largest absolute Gasteiger partial charge is 0.480 e. The Balaban J connectivity index is 2.26. The highest BCUT2D eigenvalue weighted by Crippen LogP contribution is 2.30. The topological polar surface area (TPSA) is 150 Å². The van der Waals surface area contributed by atoms with Gasteiger partial charge in [-0.15, -0.1) is 0 Å². The fourth-order valence-electron chi connectivity index (χ4n) is 6.83. The maximum Gasteiger partial charge on any atom is 0.326 e. The predicted molar refractivity (Wildman–Crippen MR) is 203 cm³/mol. The van der Waals surface area contributed by atoms with E-state index in [0.29, 0.717) is 18.0 Å². The van der Waals surface area contributed by atoms with Gasteiger partial charge in [-0.25, -0.2) is 4.79 Å². The molecule has 1 aromatic carbocycles. The summed E-state index contributed by atoms with van der Waals surface area (Å²) in [5.41, 5.74) is 0.00883. The number of carbonyl (C=O) groups excluding carboxylic acids is 3. The molecule has 0 radical (unpaired) electrons. The van der Waals surface area contributed by atoms with Crippen LogP contribution in [-0.2, 0) is 35.1 Å². The molecule has 0 bridgehead atoms. The molecular formula is C38H63N5O7S. The normalized spacial score (nSPS) is 19.0. The number of aliphatic carboxylic acids is 1. The molecule has 1 heterocycles. The van der Waals surface area contributed by atoms with Gasteiger partial charge in [0, 0.05) is 40.2 Å². The minimum absolute atomic E-state index is 0.0170. The van der Waals surface area contributed by atoms with E-state index in [2.05, 4.69) is 16.0 Å². The average molecular weight is 734 g/mol. The zero-order valence-corrected chi connectivity index (χ0v) is 33.3. The number of carboxylic acids is 1. The summed E-state index contributed by atoms with van der Waals surface area (Å²) in [6.07, 6.45) is 1.43. The summed E-state index contributed by atoms with van der Waals surface area (Å²) >= 11 is 5.74. The SMILES string of the molecule is CCC(C)C(C(CC(=O)N1CCCC1C(OC)C(C)C(=S)NC(Cc1ccccc1)C(=O)O)OC)N(C)C(=O)C(NC(=O)C(C)(C)NC)C(C)C. The van der Waals surface area contributed by atoms with Crippen molar-refractivity contribution in [2.24, 2.45) is 17.8 Å². The van der Waals surface area contributed by atoms with Gasteiger partial charge in [-0.05, 0) is 51.1 Å². The molecule has 0 spiro atoms. The lowest BCUT2D eigenvalue weighted by Crippen LogP contribution is -2.61. The Labute approximate surface area is 310 Å². The van der Waals surface area contributed by atoms with Crippen LogP contribution in [0, 0.1) is 17.8 Å². The molecule has 1 aliphatic rings. The molecule has 0 saturated carbocycles. The van der Waals surface area contributed by atoms with Gasteiger partial charge < -0.3 is 40.3 Å². The number of nitrogens with zero attached hydrogens (tertiary/aromatic N) is 2. The van der Waals surface area contributed by atoms with Crippen LogP contribution in [-0.4, -0.2) is 120 Å². The van der Waals surface area contributed by atoms with Crippen LogP contribution < -0.4 is 16.0 Å². The van der Waals surface area contributed by atoms with Gasteiger partial charge in [0.05, 0.1) is 41.2 Å². The molecule has 2 rings (SSSR count). The van der Waals surface area contributed by atoms with Crippen molar-refractivity contribution in [1.82, 2.24) is 25.8 Å². The van der Waals surface area contributed by atoms with Gasteiger partial charge in [-0.3, -0.25) is 14.4 Å². The van der Waals surface area contributed by atoms with Gasteiger partial charge >= 0.3 is 5.97 Å². The number of likely N-dealkylation sites (N-methyl/N-ethyl adjacent to an activating group) is 2. The Kier molecular flexibility index (Phi) is 17.4. The zero-order chi connectivity index (χ0) is 38.6. The summed E-state index contributed by atoms with van der Waals surface area (Å²) in [5, 5.41) is 18.9. The van der Waals surface area contributed by atoms with Crippen molar-refractivity contribution in [2.75, 3.05) is 34.9 Å². The fourth-order valence-corrected chi connectivity index (χ4v) is 7.10.